The maximum absolute atomic E-state index is 11.8. The molecule has 0 aliphatic carbocycles. The summed E-state index contributed by atoms with van der Waals surface area (Å²) in [5, 5.41) is 2.90. The highest BCUT2D eigenvalue weighted by Gasteiger charge is 2.07. The lowest BCUT2D eigenvalue weighted by Crippen LogP contribution is -2.36. The molecule has 0 aliphatic rings. The molecule has 6 nitrogen and oxygen atoms in total. The highest BCUT2D eigenvalue weighted by atomic mass is 16.5. The fraction of sp³-hybridized carbons (Fsp3) is 0.722. The number of carbonyl (C=O) groups is 1. The minimum absolute atomic E-state index is 0.0147. The van der Waals surface area contributed by atoms with Crippen LogP contribution in [-0.4, -0.2) is 49.2 Å². The standard InChI is InChI=1S/C18H32N4O2/c1-3-4-5-6-7-8-13-24-14-9-10-21-18(23)16-22(2)17-15-19-11-12-20-17/h11-12,15H,3-10,13-14,16H2,1-2H3,(H,21,23). The SMILES string of the molecule is CCCCCCCCOCCCNC(=O)CN(C)c1cnccn1. The summed E-state index contributed by atoms with van der Waals surface area (Å²) in [7, 11) is 1.83. The van der Waals surface area contributed by atoms with Crippen LogP contribution in [-0.2, 0) is 9.53 Å². The van der Waals surface area contributed by atoms with Gasteiger partial charge >= 0.3 is 0 Å². The van der Waals surface area contributed by atoms with Crippen molar-refractivity contribution in [2.75, 3.05) is 38.3 Å². The second-order valence-electron chi connectivity index (χ2n) is 6.00. The number of likely N-dealkylation sites (N-methyl/N-ethyl adjacent to an activating group) is 1. The van der Waals surface area contributed by atoms with Crippen LogP contribution in [0.2, 0.25) is 0 Å². The van der Waals surface area contributed by atoms with Crippen molar-refractivity contribution in [2.24, 2.45) is 0 Å². The average Bonchev–Trinajstić information content (AvgIpc) is 2.60. The van der Waals surface area contributed by atoms with Gasteiger partial charge in [0.25, 0.3) is 0 Å². The number of aromatic nitrogens is 2. The molecule has 0 radical (unpaired) electrons. The third kappa shape index (κ3) is 10.2. The number of amides is 1. The van der Waals surface area contributed by atoms with E-state index in [9.17, 15) is 4.79 Å². The molecule has 1 heterocycles. The fourth-order valence-corrected chi connectivity index (χ4v) is 2.33. The predicted molar refractivity (Wildman–Crippen MR) is 97.1 cm³/mol. The Balaban J connectivity index is 1.93. The van der Waals surface area contributed by atoms with Crippen LogP contribution < -0.4 is 10.2 Å². The first-order valence-corrected chi connectivity index (χ1v) is 9.05. The number of rotatable bonds is 14. The van der Waals surface area contributed by atoms with Gasteiger partial charge < -0.3 is 15.0 Å². The molecule has 24 heavy (non-hydrogen) atoms. The molecule has 0 bridgehead atoms. The maximum atomic E-state index is 11.8. The molecule has 0 atom stereocenters. The van der Waals surface area contributed by atoms with Crippen molar-refractivity contribution in [3.63, 3.8) is 0 Å². The van der Waals surface area contributed by atoms with Gasteiger partial charge in [0.05, 0.1) is 12.7 Å². The summed E-state index contributed by atoms with van der Waals surface area (Å²) in [5.41, 5.74) is 0. The van der Waals surface area contributed by atoms with Gasteiger partial charge in [-0.3, -0.25) is 9.78 Å². The molecule has 0 saturated heterocycles. The van der Waals surface area contributed by atoms with Crippen LogP contribution in [0.3, 0.4) is 0 Å². The Labute approximate surface area is 146 Å². The van der Waals surface area contributed by atoms with Crippen molar-refractivity contribution in [2.45, 2.75) is 51.9 Å². The molecule has 136 valence electrons. The Bertz CT molecular complexity index is 428. The number of carbonyl (C=O) groups excluding carboxylic acids is 1. The molecule has 0 spiro atoms. The van der Waals surface area contributed by atoms with Gasteiger partial charge in [0.15, 0.2) is 0 Å². The van der Waals surface area contributed by atoms with E-state index < -0.39 is 0 Å². The Kier molecular flexibility index (Phi) is 11.6. The predicted octanol–water partition coefficient (Wildman–Crippen LogP) is 2.80. The van der Waals surface area contributed by atoms with Gasteiger partial charge in [-0.05, 0) is 12.8 Å². The topological polar surface area (TPSA) is 67.3 Å². The third-order valence-corrected chi connectivity index (χ3v) is 3.75. The smallest absolute Gasteiger partial charge is 0.239 e. The molecule has 1 rings (SSSR count). The summed E-state index contributed by atoms with van der Waals surface area (Å²) in [4.78, 5) is 21.8. The van der Waals surface area contributed by atoms with E-state index in [-0.39, 0.29) is 12.5 Å². The second kappa shape index (κ2) is 13.7. The zero-order chi connectivity index (χ0) is 17.5. The van der Waals surface area contributed by atoms with Gasteiger partial charge in [-0.15, -0.1) is 0 Å². The lowest BCUT2D eigenvalue weighted by Gasteiger charge is -2.16. The van der Waals surface area contributed by atoms with E-state index in [0.717, 1.165) is 19.4 Å². The summed E-state index contributed by atoms with van der Waals surface area (Å²) < 4.78 is 5.59. The van der Waals surface area contributed by atoms with E-state index in [1.54, 1.807) is 23.5 Å². The molecule has 1 aromatic heterocycles. The molecule has 0 unspecified atom stereocenters. The van der Waals surface area contributed by atoms with Crippen molar-refractivity contribution in [1.82, 2.24) is 15.3 Å². The second-order valence-corrected chi connectivity index (χ2v) is 6.00. The number of hydrogen-bond donors (Lipinski definition) is 1. The zero-order valence-electron chi connectivity index (χ0n) is 15.2. The van der Waals surface area contributed by atoms with Crippen LogP contribution in [0.15, 0.2) is 18.6 Å². The quantitative estimate of drug-likeness (QED) is 0.529. The Morgan fingerprint density at radius 1 is 1.12 bits per heavy atom. The van der Waals surface area contributed by atoms with Gasteiger partial charge in [-0.2, -0.15) is 0 Å². The lowest BCUT2D eigenvalue weighted by molar-refractivity contribution is -0.119. The summed E-state index contributed by atoms with van der Waals surface area (Å²) in [6.07, 6.45) is 13.4. The summed E-state index contributed by atoms with van der Waals surface area (Å²) >= 11 is 0. The van der Waals surface area contributed by atoms with Gasteiger partial charge in [0.1, 0.15) is 5.82 Å². The normalized spacial score (nSPS) is 10.6. The molecule has 1 N–H and O–H groups in total. The third-order valence-electron chi connectivity index (χ3n) is 3.75. The van der Waals surface area contributed by atoms with E-state index in [4.69, 9.17) is 4.74 Å². The average molecular weight is 336 g/mol. The van der Waals surface area contributed by atoms with Crippen LogP contribution in [0.5, 0.6) is 0 Å². The Hall–Kier alpha value is -1.69. The van der Waals surface area contributed by atoms with E-state index in [1.165, 1.54) is 32.1 Å². The Morgan fingerprint density at radius 3 is 2.62 bits per heavy atom. The number of ether oxygens (including phenoxy) is 1. The van der Waals surface area contributed by atoms with E-state index in [0.29, 0.717) is 19.0 Å². The number of hydrogen-bond acceptors (Lipinski definition) is 5. The highest BCUT2D eigenvalue weighted by Crippen LogP contribution is 2.05. The summed E-state index contributed by atoms with van der Waals surface area (Å²) in [5.74, 6) is 0.675. The molecular weight excluding hydrogens is 304 g/mol. The zero-order valence-corrected chi connectivity index (χ0v) is 15.2. The molecule has 0 saturated carbocycles. The van der Waals surface area contributed by atoms with Gasteiger partial charge in [-0.25, -0.2) is 4.98 Å². The molecular formula is C18H32N4O2. The van der Waals surface area contributed by atoms with E-state index in [2.05, 4.69) is 22.2 Å². The van der Waals surface area contributed by atoms with Crippen LogP contribution in [0.4, 0.5) is 5.82 Å². The summed E-state index contributed by atoms with van der Waals surface area (Å²) in [6, 6.07) is 0. The highest BCUT2D eigenvalue weighted by molar-refractivity contribution is 5.80. The molecule has 1 amide bonds. The van der Waals surface area contributed by atoms with Crippen molar-refractivity contribution in [1.29, 1.82) is 0 Å². The Morgan fingerprint density at radius 2 is 1.88 bits per heavy atom. The van der Waals surface area contributed by atoms with Gasteiger partial charge in [0.2, 0.25) is 5.91 Å². The number of anilines is 1. The van der Waals surface area contributed by atoms with Crippen LogP contribution in [0.25, 0.3) is 0 Å². The van der Waals surface area contributed by atoms with E-state index in [1.807, 2.05) is 7.05 Å². The van der Waals surface area contributed by atoms with Gasteiger partial charge in [0, 0.05) is 39.2 Å². The van der Waals surface area contributed by atoms with Crippen LogP contribution >= 0.6 is 0 Å². The minimum Gasteiger partial charge on any atom is -0.381 e. The first-order chi connectivity index (χ1) is 11.7. The fourth-order valence-electron chi connectivity index (χ4n) is 2.33. The van der Waals surface area contributed by atoms with Crippen molar-refractivity contribution in [3.8, 4) is 0 Å². The number of nitrogens with one attached hydrogen (secondary N) is 1. The van der Waals surface area contributed by atoms with Gasteiger partial charge in [-0.1, -0.05) is 39.0 Å². The van der Waals surface area contributed by atoms with E-state index >= 15 is 0 Å². The molecule has 0 fully saturated rings. The number of unbranched alkanes of at least 4 members (excludes halogenated alkanes) is 5. The van der Waals surface area contributed by atoms with Crippen molar-refractivity contribution >= 4 is 11.7 Å². The summed E-state index contributed by atoms with van der Waals surface area (Å²) in [6.45, 7) is 4.68. The van der Waals surface area contributed by atoms with Crippen LogP contribution in [0.1, 0.15) is 51.9 Å². The molecule has 0 aliphatic heterocycles. The first-order valence-electron chi connectivity index (χ1n) is 9.05. The molecule has 0 aromatic carbocycles. The van der Waals surface area contributed by atoms with Crippen molar-refractivity contribution < 1.29 is 9.53 Å². The molecule has 6 heteroatoms. The largest absolute Gasteiger partial charge is 0.381 e. The maximum Gasteiger partial charge on any atom is 0.239 e. The number of nitrogens with zero attached hydrogens (tertiary/aromatic N) is 3. The lowest BCUT2D eigenvalue weighted by atomic mass is 10.1. The molecule has 1 aromatic rings. The van der Waals surface area contributed by atoms with Crippen LogP contribution in [0, 0.1) is 0 Å². The first kappa shape index (κ1) is 20.4. The monoisotopic (exact) mass is 336 g/mol. The van der Waals surface area contributed by atoms with Crippen molar-refractivity contribution in [3.05, 3.63) is 18.6 Å². The minimum atomic E-state index is -0.0147.